The molecule has 116 valence electrons. The van der Waals surface area contributed by atoms with Gasteiger partial charge in [0.05, 0.1) is 5.69 Å². The standard InChI is InChI=1S/C17H11Br2NO3/c1-9(21)11-2-3-15-14(7-11)20-17(22)16(23-15)6-10-4-12(18)8-13(19)5-10/h2-8H,1H3,(H,20,22)/b16-6-. The minimum atomic E-state index is -0.352. The van der Waals surface area contributed by atoms with Gasteiger partial charge in [-0.15, -0.1) is 0 Å². The van der Waals surface area contributed by atoms with Crippen LogP contribution in [0.15, 0.2) is 51.1 Å². The zero-order chi connectivity index (χ0) is 16.6. The van der Waals surface area contributed by atoms with Crippen molar-refractivity contribution in [2.45, 2.75) is 6.92 Å². The maximum absolute atomic E-state index is 12.2. The predicted octanol–water partition coefficient (Wildman–Crippen LogP) is 4.79. The average Bonchev–Trinajstić information content (AvgIpc) is 2.46. The van der Waals surface area contributed by atoms with E-state index in [9.17, 15) is 9.59 Å². The Balaban J connectivity index is 1.96. The van der Waals surface area contributed by atoms with Gasteiger partial charge in [0, 0.05) is 14.5 Å². The number of ether oxygens (including phenoxy) is 1. The summed E-state index contributed by atoms with van der Waals surface area (Å²) in [6.07, 6.45) is 1.66. The van der Waals surface area contributed by atoms with Crippen LogP contribution in [0.3, 0.4) is 0 Å². The van der Waals surface area contributed by atoms with Crippen LogP contribution in [0.2, 0.25) is 0 Å². The molecule has 0 saturated heterocycles. The van der Waals surface area contributed by atoms with Gasteiger partial charge in [-0.1, -0.05) is 31.9 Å². The van der Waals surface area contributed by atoms with E-state index in [1.165, 1.54) is 6.92 Å². The molecule has 6 heteroatoms. The highest BCUT2D eigenvalue weighted by Crippen LogP contribution is 2.33. The number of amides is 1. The van der Waals surface area contributed by atoms with Crippen molar-refractivity contribution in [2.24, 2.45) is 0 Å². The van der Waals surface area contributed by atoms with Crippen LogP contribution in [0, 0.1) is 0 Å². The molecule has 0 saturated carbocycles. The molecular weight excluding hydrogens is 426 g/mol. The first-order valence-corrected chi connectivity index (χ1v) is 8.33. The molecule has 0 aliphatic carbocycles. The number of Topliss-reactive ketones (excluding diaryl/α,β-unsaturated/α-hetero) is 1. The van der Waals surface area contributed by atoms with E-state index in [1.807, 2.05) is 18.2 Å². The van der Waals surface area contributed by atoms with E-state index in [-0.39, 0.29) is 17.4 Å². The largest absolute Gasteiger partial charge is 0.449 e. The molecule has 0 radical (unpaired) electrons. The quantitative estimate of drug-likeness (QED) is 0.544. The molecule has 0 unspecified atom stereocenters. The monoisotopic (exact) mass is 435 g/mol. The van der Waals surface area contributed by atoms with Crippen molar-refractivity contribution in [3.05, 3.63) is 62.2 Å². The smallest absolute Gasteiger partial charge is 0.291 e. The first-order chi connectivity index (χ1) is 10.9. The van der Waals surface area contributed by atoms with E-state index in [4.69, 9.17) is 4.74 Å². The molecule has 0 fully saturated rings. The van der Waals surface area contributed by atoms with Crippen LogP contribution in [-0.2, 0) is 4.79 Å². The molecule has 1 aliphatic heterocycles. The summed E-state index contributed by atoms with van der Waals surface area (Å²) in [7, 11) is 0. The molecule has 23 heavy (non-hydrogen) atoms. The molecule has 3 rings (SSSR count). The Labute approximate surface area is 149 Å². The van der Waals surface area contributed by atoms with E-state index < -0.39 is 0 Å². The maximum Gasteiger partial charge on any atom is 0.291 e. The minimum absolute atomic E-state index is 0.0672. The van der Waals surface area contributed by atoms with Crippen LogP contribution in [-0.4, -0.2) is 11.7 Å². The van der Waals surface area contributed by atoms with Gasteiger partial charge in [0.25, 0.3) is 5.91 Å². The van der Waals surface area contributed by atoms with Gasteiger partial charge in [-0.25, -0.2) is 0 Å². The molecule has 1 N–H and O–H groups in total. The zero-order valence-corrected chi connectivity index (χ0v) is 15.2. The summed E-state index contributed by atoms with van der Waals surface area (Å²) < 4.78 is 7.45. The number of halogens is 2. The SMILES string of the molecule is CC(=O)c1ccc2c(c1)NC(=O)/C(=C/c1cc(Br)cc(Br)c1)O2. The van der Waals surface area contributed by atoms with Crippen molar-refractivity contribution in [3.63, 3.8) is 0 Å². The Morgan fingerprint density at radius 2 is 1.83 bits per heavy atom. The molecule has 2 aromatic carbocycles. The second-order valence-corrected chi connectivity index (χ2v) is 6.87. The molecule has 4 nitrogen and oxygen atoms in total. The number of rotatable bonds is 2. The molecule has 1 aliphatic rings. The molecule has 0 bridgehead atoms. The molecule has 2 aromatic rings. The maximum atomic E-state index is 12.2. The fourth-order valence-corrected chi connectivity index (χ4v) is 3.52. The molecule has 0 atom stereocenters. The van der Waals surface area contributed by atoms with Gasteiger partial charge in [-0.2, -0.15) is 0 Å². The molecular formula is C17H11Br2NO3. The summed E-state index contributed by atoms with van der Waals surface area (Å²) in [4.78, 5) is 23.6. The summed E-state index contributed by atoms with van der Waals surface area (Å²) >= 11 is 6.82. The second-order valence-electron chi connectivity index (χ2n) is 5.03. The number of carbonyl (C=O) groups excluding carboxylic acids is 2. The normalized spacial score (nSPS) is 14.9. The van der Waals surface area contributed by atoms with Crippen molar-refractivity contribution >= 4 is 55.3 Å². The molecule has 1 heterocycles. The number of fused-ring (bicyclic) bond motifs is 1. The summed E-state index contributed by atoms with van der Waals surface area (Å²) in [6, 6.07) is 10.6. The highest BCUT2D eigenvalue weighted by atomic mass is 79.9. The lowest BCUT2D eigenvalue weighted by Crippen LogP contribution is -2.23. The van der Waals surface area contributed by atoms with Crippen LogP contribution < -0.4 is 10.1 Å². The van der Waals surface area contributed by atoms with Gasteiger partial charge >= 0.3 is 0 Å². The third kappa shape index (κ3) is 3.54. The van der Waals surface area contributed by atoms with Crippen LogP contribution in [0.5, 0.6) is 5.75 Å². The average molecular weight is 437 g/mol. The summed E-state index contributed by atoms with van der Waals surface area (Å²) in [5.74, 6) is 0.282. The number of ketones is 1. The predicted molar refractivity (Wildman–Crippen MR) is 95.5 cm³/mol. The van der Waals surface area contributed by atoms with Crippen LogP contribution >= 0.6 is 31.9 Å². The molecule has 0 aromatic heterocycles. The van der Waals surface area contributed by atoms with Crippen molar-refractivity contribution in [2.75, 3.05) is 5.32 Å². The Morgan fingerprint density at radius 3 is 2.48 bits per heavy atom. The number of anilines is 1. The Morgan fingerprint density at radius 1 is 1.13 bits per heavy atom. The lowest BCUT2D eigenvalue weighted by molar-refractivity contribution is -0.115. The first kappa shape index (κ1) is 16.0. The zero-order valence-electron chi connectivity index (χ0n) is 12.0. The number of benzene rings is 2. The lowest BCUT2D eigenvalue weighted by atomic mass is 10.1. The number of nitrogens with one attached hydrogen (secondary N) is 1. The topological polar surface area (TPSA) is 55.4 Å². The van der Waals surface area contributed by atoms with E-state index >= 15 is 0 Å². The van der Waals surface area contributed by atoms with Crippen LogP contribution in [0.1, 0.15) is 22.8 Å². The Kier molecular flexibility index (Phi) is 4.37. The van der Waals surface area contributed by atoms with Crippen LogP contribution in [0.25, 0.3) is 6.08 Å². The van der Waals surface area contributed by atoms with Gasteiger partial charge in [0.1, 0.15) is 0 Å². The third-order valence-electron chi connectivity index (χ3n) is 3.26. The molecule has 1 amide bonds. The van der Waals surface area contributed by atoms with Crippen molar-refractivity contribution in [3.8, 4) is 5.75 Å². The second kappa shape index (κ2) is 6.29. The van der Waals surface area contributed by atoms with Crippen molar-refractivity contribution in [1.82, 2.24) is 0 Å². The number of carbonyl (C=O) groups is 2. The van der Waals surface area contributed by atoms with E-state index in [0.717, 1.165) is 14.5 Å². The Bertz CT molecular complexity index is 839. The van der Waals surface area contributed by atoms with Gasteiger partial charge in [0.15, 0.2) is 17.3 Å². The first-order valence-electron chi connectivity index (χ1n) is 6.74. The van der Waals surface area contributed by atoms with Gasteiger partial charge < -0.3 is 10.1 Å². The third-order valence-corrected chi connectivity index (χ3v) is 4.18. The number of hydrogen-bond donors (Lipinski definition) is 1. The highest BCUT2D eigenvalue weighted by Gasteiger charge is 2.22. The summed E-state index contributed by atoms with van der Waals surface area (Å²) in [5.41, 5.74) is 1.84. The van der Waals surface area contributed by atoms with Crippen molar-refractivity contribution < 1.29 is 14.3 Å². The summed E-state index contributed by atoms with van der Waals surface area (Å²) in [6.45, 7) is 1.48. The van der Waals surface area contributed by atoms with Crippen LogP contribution in [0.4, 0.5) is 5.69 Å². The minimum Gasteiger partial charge on any atom is -0.449 e. The lowest BCUT2D eigenvalue weighted by Gasteiger charge is -2.20. The van der Waals surface area contributed by atoms with Gasteiger partial charge in [0.2, 0.25) is 0 Å². The fraction of sp³-hybridized carbons (Fsp3) is 0.0588. The van der Waals surface area contributed by atoms with E-state index in [0.29, 0.717) is 17.0 Å². The summed E-state index contributed by atoms with van der Waals surface area (Å²) in [5, 5.41) is 2.75. The van der Waals surface area contributed by atoms with Crippen molar-refractivity contribution in [1.29, 1.82) is 0 Å². The van der Waals surface area contributed by atoms with Gasteiger partial charge in [-0.3, -0.25) is 9.59 Å². The number of hydrogen-bond acceptors (Lipinski definition) is 3. The van der Waals surface area contributed by atoms with Gasteiger partial charge in [-0.05, 0) is 55.0 Å². The fourth-order valence-electron chi connectivity index (χ4n) is 2.19. The van der Waals surface area contributed by atoms with E-state index in [1.54, 1.807) is 24.3 Å². The Hall–Kier alpha value is -1.92. The van der Waals surface area contributed by atoms with E-state index in [2.05, 4.69) is 37.2 Å². The molecule has 0 spiro atoms. The highest BCUT2D eigenvalue weighted by molar-refractivity contribution is 9.11.